The van der Waals surface area contributed by atoms with Gasteiger partial charge in [-0.3, -0.25) is 4.57 Å². The molecule has 2 rings (SSSR count). The molecule has 0 aromatic carbocycles. The number of hydrogen-bond donors (Lipinski definition) is 0. The van der Waals surface area contributed by atoms with Crippen LogP contribution in [-0.2, 0) is 9.47 Å². The summed E-state index contributed by atoms with van der Waals surface area (Å²) >= 11 is 0. The van der Waals surface area contributed by atoms with E-state index in [1.807, 2.05) is 4.90 Å². The topological polar surface area (TPSA) is 56.6 Å². The van der Waals surface area contributed by atoms with Gasteiger partial charge in [0.25, 0.3) is 0 Å². The Morgan fingerprint density at radius 3 is 2.67 bits per heavy atom. The van der Waals surface area contributed by atoms with E-state index in [4.69, 9.17) is 9.47 Å². The van der Waals surface area contributed by atoms with Crippen molar-refractivity contribution in [3.8, 4) is 0 Å². The van der Waals surface area contributed by atoms with E-state index in [2.05, 4.69) is 18.8 Å². The molecule has 0 atom stereocenters. The van der Waals surface area contributed by atoms with E-state index in [0.29, 0.717) is 6.61 Å². The number of rotatable bonds is 5. The molecule has 0 spiro atoms. The molecule has 0 bridgehead atoms. The number of likely N-dealkylation sites (tertiary alicyclic amines) is 1. The molecule has 1 fully saturated rings. The van der Waals surface area contributed by atoms with Crippen molar-refractivity contribution < 1.29 is 14.3 Å². The van der Waals surface area contributed by atoms with Gasteiger partial charge in [-0.05, 0) is 33.1 Å². The number of nitrogens with zero attached hydrogens (tertiary/aromatic N) is 3. The molecule has 1 aromatic rings. The maximum absolute atomic E-state index is 12.1. The van der Waals surface area contributed by atoms with Gasteiger partial charge in [-0.1, -0.05) is 0 Å². The van der Waals surface area contributed by atoms with E-state index in [9.17, 15) is 4.79 Å². The van der Waals surface area contributed by atoms with Crippen LogP contribution in [0, 0.1) is 0 Å². The number of ether oxygens (including phenoxy) is 2. The summed E-state index contributed by atoms with van der Waals surface area (Å²) in [6.07, 6.45) is 7.71. The van der Waals surface area contributed by atoms with Crippen molar-refractivity contribution in [3.63, 3.8) is 0 Å². The number of carbonyl (C=O) groups excluding carboxylic acids is 1. The maximum Gasteiger partial charge on any atom is 0.329 e. The fourth-order valence-corrected chi connectivity index (χ4v) is 2.32. The lowest BCUT2D eigenvalue weighted by Gasteiger charge is -2.32. The van der Waals surface area contributed by atoms with E-state index in [1.54, 1.807) is 19.5 Å². The Bertz CT molecular complexity index is 437. The van der Waals surface area contributed by atoms with Gasteiger partial charge in [0.05, 0.1) is 11.7 Å². The van der Waals surface area contributed by atoms with Crippen molar-refractivity contribution in [3.05, 3.63) is 18.7 Å². The normalized spacial score (nSPS) is 17.2. The number of piperidine rings is 1. The molecular weight excluding hydrogens is 270 g/mol. The number of amides is 1. The molecule has 21 heavy (non-hydrogen) atoms. The molecule has 0 N–H and O–H groups in total. The summed E-state index contributed by atoms with van der Waals surface area (Å²) in [6.45, 7) is 6.27. The number of aromatic nitrogens is 2. The first kappa shape index (κ1) is 16.0. The smallest absolute Gasteiger partial charge is 0.329 e. The van der Waals surface area contributed by atoms with Crippen LogP contribution in [0.3, 0.4) is 0 Å². The van der Waals surface area contributed by atoms with Gasteiger partial charge in [0.1, 0.15) is 6.33 Å². The molecule has 118 valence electrons. The van der Waals surface area contributed by atoms with E-state index in [0.717, 1.165) is 32.4 Å². The van der Waals surface area contributed by atoms with Gasteiger partial charge >= 0.3 is 6.03 Å². The first-order chi connectivity index (χ1) is 10.0. The van der Waals surface area contributed by atoms with E-state index in [-0.39, 0.29) is 17.7 Å². The Balaban J connectivity index is 1.70. The lowest BCUT2D eigenvalue weighted by atomic mass is 10.1. The molecule has 1 aliphatic heterocycles. The minimum atomic E-state index is -0.141. The molecule has 2 heterocycles. The zero-order valence-electron chi connectivity index (χ0n) is 13.1. The Kier molecular flexibility index (Phi) is 5.36. The second kappa shape index (κ2) is 7.04. The molecule has 1 amide bonds. The number of hydrogen-bond acceptors (Lipinski definition) is 4. The minimum Gasteiger partial charge on any atom is -0.379 e. The van der Waals surface area contributed by atoms with Gasteiger partial charge in [0.15, 0.2) is 0 Å². The first-order valence-electron chi connectivity index (χ1n) is 7.46. The molecule has 1 aromatic heterocycles. The van der Waals surface area contributed by atoms with E-state index >= 15 is 0 Å². The summed E-state index contributed by atoms with van der Waals surface area (Å²) < 4.78 is 12.8. The Hall–Kier alpha value is -1.40. The highest BCUT2D eigenvalue weighted by atomic mass is 16.5. The summed E-state index contributed by atoms with van der Waals surface area (Å²) in [5.41, 5.74) is -0.141. The third-order valence-corrected chi connectivity index (χ3v) is 4.05. The fraction of sp³-hybridized carbons (Fsp3) is 0.733. The second-order valence-electron chi connectivity index (χ2n) is 6.02. The fourth-order valence-electron chi connectivity index (χ4n) is 2.32. The van der Waals surface area contributed by atoms with Crippen molar-refractivity contribution >= 4 is 6.03 Å². The first-order valence-corrected chi connectivity index (χ1v) is 7.46. The van der Waals surface area contributed by atoms with Crippen LogP contribution >= 0.6 is 0 Å². The molecule has 0 unspecified atom stereocenters. The van der Waals surface area contributed by atoms with E-state index in [1.165, 1.54) is 10.9 Å². The average molecular weight is 295 g/mol. The number of methoxy groups -OCH3 is 1. The summed E-state index contributed by atoms with van der Waals surface area (Å²) in [5, 5.41) is 0. The van der Waals surface area contributed by atoms with Crippen LogP contribution in [0.4, 0.5) is 4.79 Å². The Morgan fingerprint density at radius 1 is 1.38 bits per heavy atom. The summed E-state index contributed by atoms with van der Waals surface area (Å²) in [6, 6.07) is -0.00790. The highest BCUT2D eigenvalue weighted by Crippen LogP contribution is 2.18. The summed E-state index contributed by atoms with van der Waals surface area (Å²) in [7, 11) is 1.72. The van der Waals surface area contributed by atoms with Gasteiger partial charge in [0.2, 0.25) is 0 Å². The molecule has 0 radical (unpaired) electrons. The van der Waals surface area contributed by atoms with Crippen LogP contribution in [0.2, 0.25) is 0 Å². The lowest BCUT2D eigenvalue weighted by molar-refractivity contribution is -0.0377. The standard InChI is InChI=1S/C15H25N3O3/c1-15(2,20-3)6-11-21-13-4-8-17(9-5-13)14(19)18-10-7-16-12-18/h7,10,12-13H,4-6,8-9,11H2,1-3H3. The zero-order valence-corrected chi connectivity index (χ0v) is 13.1. The Morgan fingerprint density at radius 2 is 2.10 bits per heavy atom. The average Bonchev–Trinajstić information content (AvgIpc) is 3.01. The van der Waals surface area contributed by atoms with Gasteiger partial charge < -0.3 is 14.4 Å². The largest absolute Gasteiger partial charge is 0.379 e. The van der Waals surface area contributed by atoms with Crippen LogP contribution in [0.25, 0.3) is 0 Å². The third-order valence-electron chi connectivity index (χ3n) is 4.05. The monoisotopic (exact) mass is 295 g/mol. The van der Waals surface area contributed by atoms with Crippen molar-refractivity contribution in [2.24, 2.45) is 0 Å². The third kappa shape index (κ3) is 4.54. The highest BCUT2D eigenvalue weighted by molar-refractivity contribution is 5.76. The molecular formula is C15H25N3O3. The molecule has 6 heteroatoms. The molecule has 1 saturated heterocycles. The molecule has 6 nitrogen and oxygen atoms in total. The van der Waals surface area contributed by atoms with Crippen molar-refractivity contribution in [2.75, 3.05) is 26.8 Å². The molecule has 1 aliphatic rings. The zero-order chi connectivity index (χ0) is 15.3. The minimum absolute atomic E-state index is 0.00790. The van der Waals surface area contributed by atoms with Crippen molar-refractivity contribution in [1.82, 2.24) is 14.5 Å². The molecule has 0 saturated carbocycles. The Labute approximate surface area is 126 Å². The maximum atomic E-state index is 12.1. The van der Waals surface area contributed by atoms with Crippen molar-refractivity contribution in [1.29, 1.82) is 0 Å². The van der Waals surface area contributed by atoms with Gasteiger partial charge in [-0.15, -0.1) is 0 Å². The highest BCUT2D eigenvalue weighted by Gasteiger charge is 2.24. The predicted molar refractivity (Wildman–Crippen MR) is 79.3 cm³/mol. The predicted octanol–water partition coefficient (Wildman–Crippen LogP) is 2.15. The second-order valence-corrected chi connectivity index (χ2v) is 6.02. The SMILES string of the molecule is COC(C)(C)CCOC1CCN(C(=O)n2ccnc2)CC1. The van der Waals surface area contributed by atoms with Gasteiger partial charge in [-0.2, -0.15) is 0 Å². The van der Waals surface area contributed by atoms with Crippen LogP contribution in [-0.4, -0.2) is 59.0 Å². The summed E-state index contributed by atoms with van der Waals surface area (Å²) in [4.78, 5) is 17.9. The lowest BCUT2D eigenvalue weighted by Crippen LogP contribution is -2.42. The van der Waals surface area contributed by atoms with Crippen molar-refractivity contribution in [2.45, 2.75) is 44.8 Å². The van der Waals surface area contributed by atoms with Crippen LogP contribution in [0.15, 0.2) is 18.7 Å². The van der Waals surface area contributed by atoms with Gasteiger partial charge in [-0.25, -0.2) is 9.78 Å². The quantitative estimate of drug-likeness (QED) is 0.835. The van der Waals surface area contributed by atoms with Crippen LogP contribution in [0.1, 0.15) is 33.1 Å². The van der Waals surface area contributed by atoms with Gasteiger partial charge in [0, 0.05) is 39.2 Å². The molecule has 0 aliphatic carbocycles. The van der Waals surface area contributed by atoms with E-state index < -0.39 is 0 Å². The number of imidazole rings is 1. The van der Waals surface area contributed by atoms with Crippen LogP contribution in [0.5, 0.6) is 0 Å². The van der Waals surface area contributed by atoms with Crippen LogP contribution < -0.4 is 0 Å². The summed E-state index contributed by atoms with van der Waals surface area (Å²) in [5.74, 6) is 0. The number of carbonyl (C=O) groups is 1.